The topological polar surface area (TPSA) is 15.3 Å². The fourth-order valence-electron chi connectivity index (χ4n) is 2.23. The van der Waals surface area contributed by atoms with Crippen LogP contribution in [0, 0.1) is 5.92 Å². The van der Waals surface area contributed by atoms with Crippen LogP contribution in [0.4, 0.5) is 0 Å². The number of nitrogens with one attached hydrogen (secondary N) is 1. The normalized spacial score (nSPS) is 27.9. The molecule has 0 bridgehead atoms. The predicted octanol–water partition coefficient (Wildman–Crippen LogP) is 2.11. The predicted molar refractivity (Wildman–Crippen MR) is 59.8 cm³/mol. The Morgan fingerprint density at radius 2 is 2.36 bits per heavy atom. The SMILES string of the molecule is CC1CC=CC2=C(C1)N(C)CCCN2. The molecule has 1 N–H and O–H groups in total. The highest BCUT2D eigenvalue weighted by Crippen LogP contribution is 2.25. The number of allylic oxidation sites excluding steroid dienone is 3. The van der Waals surface area contributed by atoms with E-state index in [0.717, 1.165) is 12.5 Å². The third kappa shape index (κ3) is 1.94. The lowest BCUT2D eigenvalue weighted by Gasteiger charge is -2.23. The Kier molecular flexibility index (Phi) is 2.80. The van der Waals surface area contributed by atoms with E-state index in [-0.39, 0.29) is 0 Å². The van der Waals surface area contributed by atoms with E-state index in [1.807, 2.05) is 0 Å². The second-order valence-electron chi connectivity index (χ2n) is 4.51. The molecular formula is C12H20N2. The van der Waals surface area contributed by atoms with Crippen molar-refractivity contribution in [1.82, 2.24) is 10.2 Å². The fraction of sp³-hybridized carbons (Fsp3) is 0.667. The fourth-order valence-corrected chi connectivity index (χ4v) is 2.23. The van der Waals surface area contributed by atoms with Crippen molar-refractivity contribution in [3.8, 4) is 0 Å². The van der Waals surface area contributed by atoms with Crippen LogP contribution in [0.2, 0.25) is 0 Å². The maximum atomic E-state index is 3.53. The van der Waals surface area contributed by atoms with Crippen molar-refractivity contribution in [3.63, 3.8) is 0 Å². The Morgan fingerprint density at radius 1 is 1.50 bits per heavy atom. The second-order valence-corrected chi connectivity index (χ2v) is 4.51. The summed E-state index contributed by atoms with van der Waals surface area (Å²) in [5.41, 5.74) is 2.86. The van der Waals surface area contributed by atoms with Crippen molar-refractivity contribution in [1.29, 1.82) is 0 Å². The molecule has 0 amide bonds. The van der Waals surface area contributed by atoms with Crippen molar-refractivity contribution in [2.24, 2.45) is 5.92 Å². The van der Waals surface area contributed by atoms with E-state index < -0.39 is 0 Å². The van der Waals surface area contributed by atoms with Crippen LogP contribution in [0.3, 0.4) is 0 Å². The molecule has 1 unspecified atom stereocenters. The lowest BCUT2D eigenvalue weighted by atomic mass is 10.0. The van der Waals surface area contributed by atoms with Gasteiger partial charge in [0, 0.05) is 25.8 Å². The van der Waals surface area contributed by atoms with E-state index >= 15 is 0 Å². The lowest BCUT2D eigenvalue weighted by Crippen LogP contribution is -2.20. The molecule has 2 heteroatoms. The van der Waals surface area contributed by atoms with Crippen LogP contribution in [0.25, 0.3) is 0 Å². The van der Waals surface area contributed by atoms with E-state index in [2.05, 4.69) is 36.3 Å². The zero-order valence-corrected chi connectivity index (χ0v) is 9.21. The Morgan fingerprint density at radius 3 is 3.21 bits per heavy atom. The van der Waals surface area contributed by atoms with E-state index in [1.54, 1.807) is 0 Å². The van der Waals surface area contributed by atoms with Gasteiger partial charge in [-0.3, -0.25) is 0 Å². The molecule has 78 valence electrons. The molecule has 1 heterocycles. The summed E-state index contributed by atoms with van der Waals surface area (Å²) in [6.07, 6.45) is 8.24. The van der Waals surface area contributed by atoms with Gasteiger partial charge in [0.25, 0.3) is 0 Å². The van der Waals surface area contributed by atoms with Gasteiger partial charge in [-0.25, -0.2) is 0 Å². The first kappa shape index (κ1) is 9.63. The molecule has 0 saturated carbocycles. The third-order valence-electron chi connectivity index (χ3n) is 3.12. The molecule has 0 aromatic rings. The molecule has 0 aromatic heterocycles. The summed E-state index contributed by atoms with van der Waals surface area (Å²) in [6, 6.07) is 0. The molecule has 2 nitrogen and oxygen atoms in total. The number of rotatable bonds is 0. The quantitative estimate of drug-likeness (QED) is 0.632. The molecule has 2 aliphatic rings. The summed E-state index contributed by atoms with van der Waals surface area (Å²) in [4.78, 5) is 2.42. The second kappa shape index (κ2) is 4.07. The Balaban J connectivity index is 2.26. The number of hydrogen-bond acceptors (Lipinski definition) is 2. The van der Waals surface area contributed by atoms with E-state index in [1.165, 1.54) is 37.2 Å². The van der Waals surface area contributed by atoms with Gasteiger partial charge in [0.1, 0.15) is 0 Å². The number of hydrogen-bond donors (Lipinski definition) is 1. The van der Waals surface area contributed by atoms with Gasteiger partial charge in [0.05, 0.1) is 5.70 Å². The van der Waals surface area contributed by atoms with Gasteiger partial charge in [-0.1, -0.05) is 13.0 Å². The summed E-state index contributed by atoms with van der Waals surface area (Å²) in [6.45, 7) is 4.63. The maximum Gasteiger partial charge on any atom is 0.0531 e. The molecular weight excluding hydrogens is 172 g/mol. The first-order valence-electron chi connectivity index (χ1n) is 5.62. The van der Waals surface area contributed by atoms with Gasteiger partial charge in [-0.05, 0) is 31.3 Å². The average Bonchev–Trinajstić information content (AvgIpc) is 2.42. The minimum absolute atomic E-state index is 0.779. The molecule has 1 atom stereocenters. The first-order chi connectivity index (χ1) is 6.77. The Labute approximate surface area is 86.7 Å². The van der Waals surface area contributed by atoms with Crippen molar-refractivity contribution >= 4 is 0 Å². The summed E-state index contributed by atoms with van der Waals surface area (Å²) in [5.74, 6) is 0.779. The van der Waals surface area contributed by atoms with Crippen molar-refractivity contribution in [2.45, 2.75) is 26.2 Å². The average molecular weight is 192 g/mol. The Bertz CT molecular complexity index is 265. The summed E-state index contributed by atoms with van der Waals surface area (Å²) in [7, 11) is 2.22. The highest BCUT2D eigenvalue weighted by atomic mass is 15.1. The van der Waals surface area contributed by atoms with Crippen LogP contribution in [0.15, 0.2) is 23.5 Å². The van der Waals surface area contributed by atoms with Gasteiger partial charge < -0.3 is 10.2 Å². The Hall–Kier alpha value is -0.920. The molecule has 0 saturated heterocycles. The van der Waals surface area contributed by atoms with Crippen LogP contribution >= 0.6 is 0 Å². The zero-order valence-electron chi connectivity index (χ0n) is 9.21. The standard InChI is InChI=1S/C12H20N2/c1-10-5-3-6-11-12(9-10)14(2)8-4-7-13-11/h3,6,10,13H,4-5,7-9H2,1-2H3. The molecule has 0 spiro atoms. The summed E-state index contributed by atoms with van der Waals surface area (Å²) < 4.78 is 0. The van der Waals surface area contributed by atoms with Gasteiger partial charge >= 0.3 is 0 Å². The highest BCUT2D eigenvalue weighted by molar-refractivity contribution is 5.26. The summed E-state index contributed by atoms with van der Waals surface area (Å²) in [5, 5.41) is 3.53. The van der Waals surface area contributed by atoms with E-state index in [0.29, 0.717) is 0 Å². The molecule has 0 fully saturated rings. The van der Waals surface area contributed by atoms with E-state index in [9.17, 15) is 0 Å². The van der Waals surface area contributed by atoms with Gasteiger partial charge in [0.15, 0.2) is 0 Å². The minimum atomic E-state index is 0.779. The third-order valence-corrected chi connectivity index (χ3v) is 3.12. The monoisotopic (exact) mass is 192 g/mol. The van der Waals surface area contributed by atoms with Crippen LogP contribution in [0.5, 0.6) is 0 Å². The smallest absolute Gasteiger partial charge is 0.0531 e. The molecule has 14 heavy (non-hydrogen) atoms. The maximum absolute atomic E-state index is 3.53. The van der Waals surface area contributed by atoms with Crippen molar-refractivity contribution < 1.29 is 0 Å². The largest absolute Gasteiger partial charge is 0.384 e. The number of nitrogens with zero attached hydrogens (tertiary/aromatic N) is 1. The van der Waals surface area contributed by atoms with Gasteiger partial charge in [-0.15, -0.1) is 0 Å². The highest BCUT2D eigenvalue weighted by Gasteiger charge is 2.17. The first-order valence-corrected chi connectivity index (χ1v) is 5.62. The molecule has 0 radical (unpaired) electrons. The minimum Gasteiger partial charge on any atom is -0.384 e. The van der Waals surface area contributed by atoms with Gasteiger partial charge in [-0.2, -0.15) is 0 Å². The van der Waals surface area contributed by atoms with Crippen LogP contribution < -0.4 is 5.32 Å². The van der Waals surface area contributed by atoms with Crippen LogP contribution in [-0.2, 0) is 0 Å². The molecule has 1 aliphatic carbocycles. The lowest BCUT2D eigenvalue weighted by molar-refractivity contribution is 0.381. The van der Waals surface area contributed by atoms with Crippen LogP contribution in [-0.4, -0.2) is 25.0 Å². The molecule has 2 rings (SSSR count). The molecule has 0 aromatic carbocycles. The molecule has 1 aliphatic heterocycles. The van der Waals surface area contributed by atoms with Crippen LogP contribution in [0.1, 0.15) is 26.2 Å². The van der Waals surface area contributed by atoms with Gasteiger partial charge in [0.2, 0.25) is 0 Å². The zero-order chi connectivity index (χ0) is 9.97. The van der Waals surface area contributed by atoms with Crippen molar-refractivity contribution in [3.05, 3.63) is 23.5 Å². The van der Waals surface area contributed by atoms with E-state index in [4.69, 9.17) is 0 Å². The summed E-state index contributed by atoms with van der Waals surface area (Å²) >= 11 is 0. The van der Waals surface area contributed by atoms with Crippen molar-refractivity contribution in [2.75, 3.05) is 20.1 Å².